The molecule has 0 radical (unpaired) electrons. The average Bonchev–Trinajstić information content (AvgIpc) is 2.46. The van der Waals surface area contributed by atoms with Crippen LogP contribution in [0.3, 0.4) is 0 Å². The Morgan fingerprint density at radius 2 is 2.05 bits per heavy atom. The summed E-state index contributed by atoms with van der Waals surface area (Å²) >= 11 is 0. The first-order valence-electron chi connectivity index (χ1n) is 7.82. The van der Waals surface area contributed by atoms with E-state index in [9.17, 15) is 4.79 Å². The maximum absolute atomic E-state index is 11.9. The summed E-state index contributed by atoms with van der Waals surface area (Å²) in [6.45, 7) is 6.22. The van der Waals surface area contributed by atoms with Crippen LogP contribution in [0.25, 0.3) is 0 Å². The van der Waals surface area contributed by atoms with Gasteiger partial charge in [0.2, 0.25) is 5.91 Å². The molecule has 1 fully saturated rings. The van der Waals surface area contributed by atoms with Crippen molar-refractivity contribution >= 4 is 5.91 Å². The molecular formula is C17H27N3O. The highest BCUT2D eigenvalue weighted by molar-refractivity contribution is 5.85. The van der Waals surface area contributed by atoms with E-state index >= 15 is 0 Å². The van der Waals surface area contributed by atoms with Crippen LogP contribution in [-0.4, -0.2) is 35.5 Å². The molecule has 0 aliphatic carbocycles. The van der Waals surface area contributed by atoms with Crippen LogP contribution in [0.4, 0.5) is 0 Å². The Kier molecular flexibility index (Phi) is 5.37. The SMILES string of the molecule is CC(C)(N)C(=O)NCC1CCCCN1Cc1ccccc1. The number of nitrogens with zero attached hydrogens (tertiary/aromatic N) is 1. The zero-order valence-corrected chi connectivity index (χ0v) is 13.1. The maximum atomic E-state index is 11.9. The first kappa shape index (κ1) is 16.0. The summed E-state index contributed by atoms with van der Waals surface area (Å²) in [5.74, 6) is -0.0762. The average molecular weight is 289 g/mol. The second kappa shape index (κ2) is 7.05. The molecule has 116 valence electrons. The number of hydrogen-bond donors (Lipinski definition) is 2. The van der Waals surface area contributed by atoms with Crippen molar-refractivity contribution in [3.05, 3.63) is 35.9 Å². The molecule has 1 heterocycles. The van der Waals surface area contributed by atoms with Gasteiger partial charge in [-0.25, -0.2) is 0 Å². The molecule has 1 amide bonds. The van der Waals surface area contributed by atoms with E-state index in [-0.39, 0.29) is 5.91 Å². The monoisotopic (exact) mass is 289 g/mol. The van der Waals surface area contributed by atoms with Crippen molar-refractivity contribution in [2.75, 3.05) is 13.1 Å². The number of carbonyl (C=O) groups is 1. The Hall–Kier alpha value is -1.39. The zero-order valence-electron chi connectivity index (χ0n) is 13.1. The summed E-state index contributed by atoms with van der Waals surface area (Å²) in [6.07, 6.45) is 3.61. The smallest absolute Gasteiger partial charge is 0.239 e. The van der Waals surface area contributed by atoms with Crippen molar-refractivity contribution in [3.63, 3.8) is 0 Å². The number of nitrogens with two attached hydrogens (primary N) is 1. The normalized spacial score (nSPS) is 20.2. The summed E-state index contributed by atoms with van der Waals surface area (Å²) in [6, 6.07) is 10.9. The van der Waals surface area contributed by atoms with E-state index in [0.717, 1.165) is 19.5 Å². The van der Waals surface area contributed by atoms with Gasteiger partial charge < -0.3 is 11.1 Å². The number of benzene rings is 1. The second-order valence-corrected chi connectivity index (χ2v) is 6.54. The van der Waals surface area contributed by atoms with Gasteiger partial charge in [0, 0.05) is 19.1 Å². The minimum absolute atomic E-state index is 0.0762. The third-order valence-corrected chi connectivity index (χ3v) is 4.06. The van der Waals surface area contributed by atoms with Crippen molar-refractivity contribution < 1.29 is 4.79 Å². The number of piperidine rings is 1. The summed E-state index contributed by atoms with van der Waals surface area (Å²) in [4.78, 5) is 14.4. The van der Waals surface area contributed by atoms with E-state index < -0.39 is 5.54 Å². The molecule has 1 aromatic rings. The van der Waals surface area contributed by atoms with E-state index in [4.69, 9.17) is 5.73 Å². The van der Waals surface area contributed by atoms with Gasteiger partial charge in [0.1, 0.15) is 0 Å². The number of likely N-dealkylation sites (tertiary alicyclic amines) is 1. The minimum Gasteiger partial charge on any atom is -0.353 e. The van der Waals surface area contributed by atoms with E-state index in [2.05, 4.69) is 34.5 Å². The lowest BCUT2D eigenvalue weighted by Crippen LogP contribution is -2.53. The molecule has 21 heavy (non-hydrogen) atoms. The van der Waals surface area contributed by atoms with Crippen molar-refractivity contribution in [2.45, 2.75) is 51.2 Å². The third kappa shape index (κ3) is 4.83. The molecule has 1 aliphatic heterocycles. The molecule has 1 aromatic carbocycles. The quantitative estimate of drug-likeness (QED) is 0.870. The fraction of sp³-hybridized carbons (Fsp3) is 0.588. The van der Waals surface area contributed by atoms with E-state index in [1.54, 1.807) is 13.8 Å². The number of nitrogens with one attached hydrogen (secondary N) is 1. The Bertz CT molecular complexity index is 453. The van der Waals surface area contributed by atoms with Crippen LogP contribution < -0.4 is 11.1 Å². The first-order chi connectivity index (χ1) is 9.97. The first-order valence-corrected chi connectivity index (χ1v) is 7.82. The lowest BCUT2D eigenvalue weighted by Gasteiger charge is -2.36. The Balaban J connectivity index is 1.91. The highest BCUT2D eigenvalue weighted by Crippen LogP contribution is 2.19. The molecule has 2 rings (SSSR count). The van der Waals surface area contributed by atoms with Crippen LogP contribution in [0.1, 0.15) is 38.7 Å². The van der Waals surface area contributed by atoms with Crippen LogP contribution in [0.15, 0.2) is 30.3 Å². The van der Waals surface area contributed by atoms with Gasteiger partial charge in [0.05, 0.1) is 5.54 Å². The van der Waals surface area contributed by atoms with E-state index in [1.807, 2.05) is 6.07 Å². The van der Waals surface area contributed by atoms with Gasteiger partial charge in [-0.15, -0.1) is 0 Å². The lowest BCUT2D eigenvalue weighted by atomic mass is 10.00. The van der Waals surface area contributed by atoms with Crippen LogP contribution in [0.5, 0.6) is 0 Å². The third-order valence-electron chi connectivity index (χ3n) is 4.06. The molecule has 1 unspecified atom stereocenters. The van der Waals surface area contributed by atoms with E-state index in [1.165, 1.54) is 18.4 Å². The molecule has 3 N–H and O–H groups in total. The molecule has 1 saturated heterocycles. The highest BCUT2D eigenvalue weighted by atomic mass is 16.2. The van der Waals surface area contributed by atoms with Gasteiger partial charge >= 0.3 is 0 Å². The second-order valence-electron chi connectivity index (χ2n) is 6.54. The zero-order chi connectivity index (χ0) is 15.3. The summed E-state index contributed by atoms with van der Waals surface area (Å²) in [5, 5.41) is 3.00. The van der Waals surface area contributed by atoms with Crippen molar-refractivity contribution in [2.24, 2.45) is 5.73 Å². The van der Waals surface area contributed by atoms with Crippen LogP contribution in [-0.2, 0) is 11.3 Å². The number of carbonyl (C=O) groups excluding carboxylic acids is 1. The molecule has 0 spiro atoms. The number of rotatable bonds is 5. The molecule has 1 aliphatic rings. The molecule has 0 saturated carbocycles. The summed E-state index contributed by atoms with van der Waals surface area (Å²) in [7, 11) is 0. The maximum Gasteiger partial charge on any atom is 0.239 e. The van der Waals surface area contributed by atoms with Gasteiger partial charge in [-0.3, -0.25) is 9.69 Å². The fourth-order valence-corrected chi connectivity index (χ4v) is 2.76. The summed E-state index contributed by atoms with van der Waals surface area (Å²) in [5.41, 5.74) is 6.35. The Labute approximate surface area is 127 Å². The van der Waals surface area contributed by atoms with E-state index in [0.29, 0.717) is 12.6 Å². The fourth-order valence-electron chi connectivity index (χ4n) is 2.76. The predicted octanol–water partition coefficient (Wildman–Crippen LogP) is 1.89. The standard InChI is InChI=1S/C17H27N3O/c1-17(2,18)16(21)19-12-15-10-6-7-11-20(15)13-14-8-4-3-5-9-14/h3-5,8-9,15H,6-7,10-13,18H2,1-2H3,(H,19,21). The number of amides is 1. The van der Waals surface area contributed by atoms with Gasteiger partial charge in [0.15, 0.2) is 0 Å². The van der Waals surface area contributed by atoms with Gasteiger partial charge in [-0.2, -0.15) is 0 Å². The Morgan fingerprint density at radius 3 is 2.71 bits per heavy atom. The number of hydrogen-bond acceptors (Lipinski definition) is 3. The van der Waals surface area contributed by atoms with Crippen LogP contribution >= 0.6 is 0 Å². The summed E-state index contributed by atoms with van der Waals surface area (Å²) < 4.78 is 0. The van der Waals surface area contributed by atoms with Crippen LogP contribution in [0, 0.1) is 0 Å². The van der Waals surface area contributed by atoms with Crippen molar-refractivity contribution in [3.8, 4) is 0 Å². The molecule has 4 nitrogen and oxygen atoms in total. The largest absolute Gasteiger partial charge is 0.353 e. The Morgan fingerprint density at radius 1 is 1.33 bits per heavy atom. The highest BCUT2D eigenvalue weighted by Gasteiger charge is 2.26. The van der Waals surface area contributed by atoms with Gasteiger partial charge in [-0.1, -0.05) is 36.8 Å². The van der Waals surface area contributed by atoms with Gasteiger partial charge in [-0.05, 0) is 38.8 Å². The molecule has 0 aromatic heterocycles. The van der Waals surface area contributed by atoms with Crippen molar-refractivity contribution in [1.29, 1.82) is 0 Å². The topological polar surface area (TPSA) is 58.4 Å². The predicted molar refractivity (Wildman–Crippen MR) is 85.8 cm³/mol. The van der Waals surface area contributed by atoms with Crippen LogP contribution in [0.2, 0.25) is 0 Å². The molecule has 1 atom stereocenters. The lowest BCUT2D eigenvalue weighted by molar-refractivity contribution is -0.125. The van der Waals surface area contributed by atoms with Gasteiger partial charge in [0.25, 0.3) is 0 Å². The van der Waals surface area contributed by atoms with Crippen molar-refractivity contribution in [1.82, 2.24) is 10.2 Å². The minimum atomic E-state index is -0.807. The molecule has 4 heteroatoms. The molecule has 0 bridgehead atoms. The molecular weight excluding hydrogens is 262 g/mol.